The third kappa shape index (κ3) is 3.13. The van der Waals surface area contributed by atoms with Crippen molar-refractivity contribution in [2.24, 2.45) is 0 Å². The van der Waals surface area contributed by atoms with Gasteiger partial charge < -0.3 is 15.1 Å². The summed E-state index contributed by atoms with van der Waals surface area (Å²) in [6.45, 7) is 4.50. The molecule has 1 aromatic rings. The number of nitrogens with one attached hydrogen (secondary N) is 2. The Morgan fingerprint density at radius 2 is 2.24 bits per heavy atom. The quantitative estimate of drug-likeness (QED) is 0.776. The molecule has 0 bridgehead atoms. The van der Waals surface area contributed by atoms with E-state index in [1.165, 1.54) is 19.3 Å². The molecule has 0 unspecified atom stereocenters. The Balaban J connectivity index is 1.80. The van der Waals surface area contributed by atoms with Crippen molar-refractivity contribution in [1.29, 1.82) is 0 Å². The molecular formula is C11H20N4OS. The van der Waals surface area contributed by atoms with E-state index < -0.39 is 0 Å². The van der Waals surface area contributed by atoms with Gasteiger partial charge in [-0.1, -0.05) is 18.4 Å². The Bertz CT molecular complexity index is 345. The molecule has 1 saturated carbocycles. The van der Waals surface area contributed by atoms with Crippen LogP contribution in [0.2, 0.25) is 0 Å². The number of hydrogen-bond donors (Lipinski definition) is 2. The maximum absolute atomic E-state index is 5.49. The van der Waals surface area contributed by atoms with Gasteiger partial charge in [0.05, 0.1) is 6.54 Å². The van der Waals surface area contributed by atoms with Crippen LogP contribution in [-0.4, -0.2) is 34.3 Å². The summed E-state index contributed by atoms with van der Waals surface area (Å²) in [5.74, 6) is 0.640. The molecule has 17 heavy (non-hydrogen) atoms. The monoisotopic (exact) mass is 256 g/mol. The summed E-state index contributed by atoms with van der Waals surface area (Å²) in [4.78, 5) is 0. The molecule has 0 amide bonds. The molecular weight excluding hydrogens is 236 g/mol. The van der Waals surface area contributed by atoms with E-state index >= 15 is 0 Å². The molecule has 1 heterocycles. The topological polar surface area (TPSA) is 63.0 Å². The van der Waals surface area contributed by atoms with Gasteiger partial charge in [0.25, 0.3) is 0 Å². The van der Waals surface area contributed by atoms with E-state index in [1.807, 2.05) is 18.7 Å². The summed E-state index contributed by atoms with van der Waals surface area (Å²) in [6, 6.07) is 0.540. The summed E-state index contributed by atoms with van der Waals surface area (Å²) in [6.07, 6.45) is 6.06. The molecule has 1 aliphatic carbocycles. The molecule has 0 aromatic carbocycles. The standard InChI is InChI=1S/C11H20N4OS/c1-3-12-7-9-14-15-10(16-9)13-8-11(17-2)5-4-6-11/h12H,3-8H2,1-2H3,(H,13,15). The molecule has 1 aromatic heterocycles. The van der Waals surface area contributed by atoms with Crippen LogP contribution < -0.4 is 10.6 Å². The van der Waals surface area contributed by atoms with Crippen LogP contribution in [0.1, 0.15) is 32.1 Å². The molecule has 5 nitrogen and oxygen atoms in total. The van der Waals surface area contributed by atoms with Crippen LogP contribution in [0.25, 0.3) is 0 Å². The minimum absolute atomic E-state index is 0.385. The van der Waals surface area contributed by atoms with Crippen molar-refractivity contribution >= 4 is 17.8 Å². The number of aromatic nitrogens is 2. The van der Waals surface area contributed by atoms with Gasteiger partial charge in [0.2, 0.25) is 5.89 Å². The Kier molecular flexibility index (Phi) is 4.28. The zero-order valence-corrected chi connectivity index (χ0v) is 11.3. The minimum Gasteiger partial charge on any atom is -0.407 e. The summed E-state index contributed by atoms with van der Waals surface area (Å²) < 4.78 is 5.87. The highest BCUT2D eigenvalue weighted by atomic mass is 32.2. The maximum atomic E-state index is 5.49. The van der Waals surface area contributed by atoms with Crippen LogP contribution >= 0.6 is 11.8 Å². The van der Waals surface area contributed by atoms with Gasteiger partial charge in [-0.2, -0.15) is 11.8 Å². The smallest absolute Gasteiger partial charge is 0.315 e. The van der Waals surface area contributed by atoms with Gasteiger partial charge in [-0.05, 0) is 25.6 Å². The van der Waals surface area contributed by atoms with Crippen molar-refractivity contribution in [1.82, 2.24) is 15.5 Å². The first-order valence-electron chi connectivity index (χ1n) is 6.10. The first kappa shape index (κ1) is 12.7. The summed E-state index contributed by atoms with van der Waals surface area (Å²) in [5.41, 5.74) is 0. The number of nitrogens with zero attached hydrogens (tertiary/aromatic N) is 2. The molecule has 0 atom stereocenters. The van der Waals surface area contributed by atoms with Crippen LogP contribution in [0.4, 0.5) is 6.01 Å². The van der Waals surface area contributed by atoms with Gasteiger partial charge in [-0.15, -0.1) is 5.10 Å². The van der Waals surface area contributed by atoms with Crippen molar-refractivity contribution < 1.29 is 4.42 Å². The summed E-state index contributed by atoms with van der Waals surface area (Å²) >= 11 is 1.93. The van der Waals surface area contributed by atoms with Crippen molar-refractivity contribution in [3.63, 3.8) is 0 Å². The van der Waals surface area contributed by atoms with Crippen LogP contribution in [0, 0.1) is 0 Å². The summed E-state index contributed by atoms with van der Waals surface area (Å²) in [5, 5.41) is 14.4. The number of rotatable bonds is 7. The second-order valence-electron chi connectivity index (χ2n) is 4.38. The molecule has 6 heteroatoms. The fourth-order valence-electron chi connectivity index (χ4n) is 1.89. The highest BCUT2D eigenvalue weighted by molar-refractivity contribution is 8.00. The highest BCUT2D eigenvalue weighted by Crippen LogP contribution is 2.42. The first-order chi connectivity index (χ1) is 8.28. The first-order valence-corrected chi connectivity index (χ1v) is 7.32. The number of anilines is 1. The highest BCUT2D eigenvalue weighted by Gasteiger charge is 2.36. The Hall–Kier alpha value is -0.750. The SMILES string of the molecule is CCNCc1nnc(NCC2(SC)CCC2)o1. The Morgan fingerprint density at radius 3 is 2.82 bits per heavy atom. The molecule has 0 radical (unpaired) electrons. The van der Waals surface area contributed by atoms with Gasteiger partial charge in [-0.25, -0.2) is 0 Å². The minimum atomic E-state index is 0.385. The van der Waals surface area contributed by atoms with Gasteiger partial charge in [0.15, 0.2) is 0 Å². The van der Waals surface area contributed by atoms with E-state index in [-0.39, 0.29) is 0 Å². The lowest BCUT2D eigenvalue weighted by Crippen LogP contribution is -2.40. The normalized spacial score (nSPS) is 17.8. The van der Waals surface area contributed by atoms with E-state index in [2.05, 4.69) is 27.1 Å². The number of thioether (sulfide) groups is 1. The van der Waals surface area contributed by atoms with Gasteiger partial charge >= 0.3 is 6.01 Å². The fourth-order valence-corrected chi connectivity index (χ4v) is 2.80. The van der Waals surface area contributed by atoms with E-state index in [9.17, 15) is 0 Å². The molecule has 1 aliphatic rings. The van der Waals surface area contributed by atoms with E-state index in [0.717, 1.165) is 13.1 Å². The molecule has 0 spiro atoms. The lowest BCUT2D eigenvalue weighted by Gasteiger charge is -2.40. The van der Waals surface area contributed by atoms with Crippen LogP contribution in [0.5, 0.6) is 0 Å². The van der Waals surface area contributed by atoms with Crippen LogP contribution in [-0.2, 0) is 6.54 Å². The van der Waals surface area contributed by atoms with Gasteiger partial charge in [-0.3, -0.25) is 0 Å². The van der Waals surface area contributed by atoms with Crippen LogP contribution in [0.3, 0.4) is 0 Å². The van der Waals surface area contributed by atoms with Gasteiger partial charge in [0, 0.05) is 11.3 Å². The Morgan fingerprint density at radius 1 is 1.41 bits per heavy atom. The van der Waals surface area contributed by atoms with Crippen molar-refractivity contribution in [3.05, 3.63) is 5.89 Å². The Labute approximate surface area is 106 Å². The third-order valence-electron chi connectivity index (χ3n) is 3.25. The number of hydrogen-bond acceptors (Lipinski definition) is 6. The zero-order chi connectivity index (χ0) is 12.1. The fraction of sp³-hybridized carbons (Fsp3) is 0.818. The largest absolute Gasteiger partial charge is 0.407 e. The average Bonchev–Trinajstić information content (AvgIpc) is 2.74. The molecule has 0 aliphatic heterocycles. The molecule has 0 saturated heterocycles. The maximum Gasteiger partial charge on any atom is 0.315 e. The second-order valence-corrected chi connectivity index (χ2v) is 5.65. The lowest BCUT2D eigenvalue weighted by molar-refractivity contribution is 0.375. The molecule has 1 fully saturated rings. The third-order valence-corrected chi connectivity index (χ3v) is 4.67. The molecule has 2 rings (SSSR count). The van der Waals surface area contributed by atoms with E-state index in [0.29, 0.717) is 23.2 Å². The van der Waals surface area contributed by atoms with E-state index in [4.69, 9.17) is 4.42 Å². The van der Waals surface area contributed by atoms with Crippen LogP contribution in [0.15, 0.2) is 4.42 Å². The predicted molar refractivity (Wildman–Crippen MR) is 70.3 cm³/mol. The average molecular weight is 256 g/mol. The van der Waals surface area contributed by atoms with Gasteiger partial charge in [0.1, 0.15) is 0 Å². The second kappa shape index (κ2) is 5.73. The zero-order valence-electron chi connectivity index (χ0n) is 10.5. The summed E-state index contributed by atoms with van der Waals surface area (Å²) in [7, 11) is 0. The van der Waals surface area contributed by atoms with E-state index in [1.54, 1.807) is 0 Å². The molecule has 96 valence electrons. The van der Waals surface area contributed by atoms with Crippen molar-refractivity contribution in [3.8, 4) is 0 Å². The predicted octanol–water partition coefficient (Wildman–Crippen LogP) is 1.88. The lowest BCUT2D eigenvalue weighted by atomic mass is 9.84. The van der Waals surface area contributed by atoms with Crippen molar-refractivity contribution in [2.75, 3.05) is 24.7 Å². The molecule has 2 N–H and O–H groups in total. The van der Waals surface area contributed by atoms with Crippen molar-refractivity contribution in [2.45, 2.75) is 37.5 Å².